The number of aromatic nitrogens is 2. The number of aliphatic hydroxyl groups excluding tert-OH is 1. The molecule has 5 nitrogen and oxygen atoms in total. The van der Waals surface area contributed by atoms with Crippen molar-refractivity contribution in [3.63, 3.8) is 0 Å². The molecule has 74 valence electrons. The molecule has 5 heteroatoms. The highest BCUT2D eigenvalue weighted by Crippen LogP contribution is 2.12. The van der Waals surface area contributed by atoms with Gasteiger partial charge in [-0.25, -0.2) is 4.98 Å². The number of hydrogen-bond donors (Lipinski definition) is 3. The van der Waals surface area contributed by atoms with Crippen molar-refractivity contribution in [2.45, 2.75) is 13.0 Å². The number of nitrogens with one attached hydrogen (secondary N) is 1. The number of nitrogens with zero attached hydrogens (tertiary/aromatic N) is 2. The van der Waals surface area contributed by atoms with Crippen LogP contribution >= 0.6 is 0 Å². The van der Waals surface area contributed by atoms with Crippen LogP contribution in [0.4, 0.5) is 5.95 Å². The third kappa shape index (κ3) is 2.19. The first kappa shape index (κ1) is 10.0. The monoisotopic (exact) mass is 184 g/mol. The standard InChI is InChI=1S/C8H16N4O/c1-3-12(2)8-10-5-6(11-8)7(13)4-9/h5,7,13H,3-4,9H2,1-2H3,(H,10,11). The minimum Gasteiger partial charge on any atom is -0.386 e. The van der Waals surface area contributed by atoms with Crippen LogP contribution in [0.3, 0.4) is 0 Å². The zero-order valence-electron chi connectivity index (χ0n) is 7.99. The SMILES string of the molecule is CCN(C)c1ncc(C(O)CN)[nH]1. The lowest BCUT2D eigenvalue weighted by molar-refractivity contribution is 0.182. The van der Waals surface area contributed by atoms with Gasteiger partial charge in [0.05, 0.1) is 11.9 Å². The minimum atomic E-state index is -0.647. The van der Waals surface area contributed by atoms with E-state index >= 15 is 0 Å². The van der Waals surface area contributed by atoms with Gasteiger partial charge in [-0.3, -0.25) is 0 Å². The highest BCUT2D eigenvalue weighted by Gasteiger charge is 2.09. The Labute approximate surface area is 77.6 Å². The van der Waals surface area contributed by atoms with E-state index in [2.05, 4.69) is 9.97 Å². The van der Waals surface area contributed by atoms with Gasteiger partial charge >= 0.3 is 0 Å². The van der Waals surface area contributed by atoms with Crippen LogP contribution in [0.5, 0.6) is 0 Å². The van der Waals surface area contributed by atoms with E-state index in [4.69, 9.17) is 5.73 Å². The van der Waals surface area contributed by atoms with Gasteiger partial charge in [-0.15, -0.1) is 0 Å². The van der Waals surface area contributed by atoms with Crippen molar-refractivity contribution in [3.05, 3.63) is 11.9 Å². The maximum absolute atomic E-state index is 9.38. The first-order valence-corrected chi connectivity index (χ1v) is 4.33. The van der Waals surface area contributed by atoms with Gasteiger partial charge < -0.3 is 20.7 Å². The highest BCUT2D eigenvalue weighted by molar-refractivity contribution is 5.30. The van der Waals surface area contributed by atoms with E-state index in [9.17, 15) is 5.11 Å². The quantitative estimate of drug-likeness (QED) is 0.608. The Balaban J connectivity index is 2.74. The summed E-state index contributed by atoms with van der Waals surface area (Å²) in [6, 6.07) is 0. The summed E-state index contributed by atoms with van der Waals surface area (Å²) in [5.41, 5.74) is 5.98. The molecule has 1 atom stereocenters. The van der Waals surface area contributed by atoms with Crippen molar-refractivity contribution >= 4 is 5.95 Å². The van der Waals surface area contributed by atoms with Crippen molar-refractivity contribution in [1.82, 2.24) is 9.97 Å². The molecule has 0 saturated heterocycles. The molecule has 1 rings (SSSR count). The number of nitrogens with two attached hydrogens (primary N) is 1. The lowest BCUT2D eigenvalue weighted by atomic mass is 10.3. The fourth-order valence-electron chi connectivity index (χ4n) is 0.964. The lowest BCUT2D eigenvalue weighted by Gasteiger charge is -2.12. The maximum Gasteiger partial charge on any atom is 0.202 e. The molecule has 4 N–H and O–H groups in total. The largest absolute Gasteiger partial charge is 0.386 e. The van der Waals surface area contributed by atoms with Gasteiger partial charge in [0.25, 0.3) is 0 Å². The minimum absolute atomic E-state index is 0.206. The van der Waals surface area contributed by atoms with Crippen LogP contribution in [0.1, 0.15) is 18.7 Å². The van der Waals surface area contributed by atoms with Gasteiger partial charge in [0.2, 0.25) is 5.95 Å². The van der Waals surface area contributed by atoms with Crippen LogP contribution in [0.25, 0.3) is 0 Å². The summed E-state index contributed by atoms with van der Waals surface area (Å²) in [7, 11) is 1.93. The zero-order valence-corrected chi connectivity index (χ0v) is 7.99. The molecular weight excluding hydrogens is 168 g/mol. The number of hydrogen-bond acceptors (Lipinski definition) is 4. The van der Waals surface area contributed by atoms with E-state index in [0.29, 0.717) is 5.69 Å². The predicted molar refractivity (Wildman–Crippen MR) is 51.5 cm³/mol. The van der Waals surface area contributed by atoms with Gasteiger partial charge in [-0.1, -0.05) is 0 Å². The van der Waals surface area contributed by atoms with Crippen molar-refractivity contribution in [2.75, 3.05) is 25.0 Å². The number of anilines is 1. The van der Waals surface area contributed by atoms with Crippen molar-refractivity contribution in [2.24, 2.45) is 5.73 Å². The maximum atomic E-state index is 9.38. The molecule has 1 unspecified atom stereocenters. The topological polar surface area (TPSA) is 78.2 Å². The molecule has 0 aromatic carbocycles. The molecule has 0 amide bonds. The Morgan fingerprint density at radius 1 is 1.77 bits per heavy atom. The van der Waals surface area contributed by atoms with Crippen LogP contribution in [0, 0.1) is 0 Å². The molecule has 0 saturated carbocycles. The third-order valence-corrected chi connectivity index (χ3v) is 2.00. The van der Waals surface area contributed by atoms with E-state index in [1.807, 2.05) is 18.9 Å². The zero-order chi connectivity index (χ0) is 9.84. The van der Waals surface area contributed by atoms with Gasteiger partial charge in [-0.2, -0.15) is 0 Å². The van der Waals surface area contributed by atoms with Crippen LogP contribution in [0.15, 0.2) is 6.20 Å². The van der Waals surface area contributed by atoms with Crippen LogP contribution < -0.4 is 10.6 Å². The van der Waals surface area contributed by atoms with E-state index in [-0.39, 0.29) is 6.54 Å². The van der Waals surface area contributed by atoms with E-state index < -0.39 is 6.10 Å². The average molecular weight is 184 g/mol. The lowest BCUT2D eigenvalue weighted by Crippen LogP contribution is -2.17. The Morgan fingerprint density at radius 2 is 2.46 bits per heavy atom. The number of rotatable bonds is 4. The molecule has 0 spiro atoms. The van der Waals surface area contributed by atoms with Gasteiger partial charge in [0.1, 0.15) is 6.10 Å². The van der Waals surface area contributed by atoms with Gasteiger partial charge in [0.15, 0.2) is 0 Å². The summed E-state index contributed by atoms with van der Waals surface area (Å²) in [6.45, 7) is 3.10. The van der Waals surface area contributed by atoms with E-state index in [1.54, 1.807) is 6.20 Å². The first-order chi connectivity index (χ1) is 6.19. The molecule has 0 bridgehead atoms. The molecule has 0 radical (unpaired) electrons. The second-order valence-electron chi connectivity index (χ2n) is 2.93. The summed E-state index contributed by atoms with van der Waals surface area (Å²) in [4.78, 5) is 9.06. The Morgan fingerprint density at radius 3 is 3.00 bits per heavy atom. The predicted octanol–water partition coefficient (Wildman–Crippen LogP) is -0.142. The van der Waals surface area contributed by atoms with Crippen LogP contribution in [0.2, 0.25) is 0 Å². The number of aliphatic hydroxyl groups is 1. The Hall–Kier alpha value is -1.07. The summed E-state index contributed by atoms with van der Waals surface area (Å²) < 4.78 is 0. The average Bonchev–Trinajstić information content (AvgIpc) is 2.64. The Kier molecular flexibility index (Phi) is 3.27. The molecule has 1 aromatic heterocycles. The number of aromatic amines is 1. The second kappa shape index (κ2) is 4.25. The van der Waals surface area contributed by atoms with Crippen LogP contribution in [-0.2, 0) is 0 Å². The summed E-state index contributed by atoms with van der Waals surface area (Å²) in [6.07, 6.45) is 0.963. The summed E-state index contributed by atoms with van der Waals surface area (Å²) in [5, 5.41) is 9.38. The van der Waals surface area contributed by atoms with E-state index in [1.165, 1.54) is 0 Å². The number of H-pyrrole nitrogens is 1. The normalized spacial score (nSPS) is 12.9. The molecule has 1 heterocycles. The fourth-order valence-corrected chi connectivity index (χ4v) is 0.964. The third-order valence-electron chi connectivity index (χ3n) is 2.00. The first-order valence-electron chi connectivity index (χ1n) is 4.33. The van der Waals surface area contributed by atoms with Gasteiger partial charge in [0, 0.05) is 20.1 Å². The number of imidazole rings is 1. The van der Waals surface area contributed by atoms with E-state index in [0.717, 1.165) is 12.5 Å². The summed E-state index contributed by atoms with van der Waals surface area (Å²) in [5.74, 6) is 0.755. The molecule has 0 fully saturated rings. The van der Waals surface area contributed by atoms with Crippen LogP contribution in [-0.4, -0.2) is 35.2 Å². The van der Waals surface area contributed by atoms with Crippen molar-refractivity contribution < 1.29 is 5.11 Å². The molecule has 0 aliphatic carbocycles. The molecule has 0 aliphatic heterocycles. The molecule has 0 aliphatic rings. The van der Waals surface area contributed by atoms with Gasteiger partial charge in [-0.05, 0) is 6.92 Å². The summed E-state index contributed by atoms with van der Waals surface area (Å²) >= 11 is 0. The molecule has 13 heavy (non-hydrogen) atoms. The highest BCUT2D eigenvalue weighted by atomic mass is 16.3. The molecule has 1 aromatic rings. The smallest absolute Gasteiger partial charge is 0.202 e. The second-order valence-corrected chi connectivity index (χ2v) is 2.93. The Bertz CT molecular complexity index is 236. The van der Waals surface area contributed by atoms with Crippen molar-refractivity contribution in [3.8, 4) is 0 Å². The molecular formula is C8H16N4O. The van der Waals surface area contributed by atoms with Crippen molar-refractivity contribution in [1.29, 1.82) is 0 Å². The fraction of sp³-hybridized carbons (Fsp3) is 0.625.